The van der Waals surface area contributed by atoms with Crippen LogP contribution < -0.4 is 10.5 Å². The lowest BCUT2D eigenvalue weighted by Crippen LogP contribution is -2.46. The quantitative estimate of drug-likeness (QED) is 0.659. The first kappa shape index (κ1) is 17.8. The second-order valence-electron chi connectivity index (χ2n) is 7.53. The summed E-state index contributed by atoms with van der Waals surface area (Å²) in [6.45, 7) is 11.0. The van der Waals surface area contributed by atoms with Gasteiger partial charge >= 0.3 is 5.63 Å². The number of benzene rings is 2. The molecule has 0 aliphatic carbocycles. The van der Waals surface area contributed by atoms with E-state index in [2.05, 4.69) is 60.0 Å². The molecule has 0 bridgehead atoms. The first-order chi connectivity index (χ1) is 13.0. The summed E-state index contributed by atoms with van der Waals surface area (Å²) in [5, 5.41) is 1.10. The maximum atomic E-state index is 12.2. The standard InChI is InChI=1S/C23H26N2O2/c1-16-13-17(2)22-19(14-21(26)27-23(22)18(16)3)15-24-9-11-25(12-10-24)20-7-5-4-6-8-20/h4-8,13-14H,9-12,15H2,1-3H3. The van der Waals surface area contributed by atoms with E-state index in [9.17, 15) is 4.79 Å². The minimum absolute atomic E-state index is 0.256. The van der Waals surface area contributed by atoms with Gasteiger partial charge in [-0.05, 0) is 55.2 Å². The van der Waals surface area contributed by atoms with Crippen molar-refractivity contribution in [3.05, 3.63) is 75.1 Å². The summed E-state index contributed by atoms with van der Waals surface area (Å²) in [6.07, 6.45) is 0. The van der Waals surface area contributed by atoms with E-state index in [-0.39, 0.29) is 5.63 Å². The molecule has 0 N–H and O–H groups in total. The van der Waals surface area contributed by atoms with Crippen molar-refractivity contribution in [2.75, 3.05) is 31.1 Å². The van der Waals surface area contributed by atoms with Gasteiger partial charge in [0.1, 0.15) is 5.58 Å². The molecule has 0 unspecified atom stereocenters. The molecule has 1 fully saturated rings. The topological polar surface area (TPSA) is 36.7 Å². The van der Waals surface area contributed by atoms with Crippen LogP contribution in [0.1, 0.15) is 22.3 Å². The lowest BCUT2D eigenvalue weighted by Gasteiger charge is -2.36. The molecule has 1 aliphatic rings. The van der Waals surface area contributed by atoms with E-state index in [0.29, 0.717) is 0 Å². The van der Waals surface area contributed by atoms with Gasteiger partial charge in [0, 0.05) is 49.9 Å². The van der Waals surface area contributed by atoms with Crippen molar-refractivity contribution < 1.29 is 4.42 Å². The summed E-state index contributed by atoms with van der Waals surface area (Å²) in [7, 11) is 0. The van der Waals surface area contributed by atoms with Crippen LogP contribution in [0.4, 0.5) is 5.69 Å². The van der Waals surface area contributed by atoms with Crippen LogP contribution in [-0.2, 0) is 6.54 Å². The van der Waals surface area contributed by atoms with Crippen LogP contribution >= 0.6 is 0 Å². The smallest absolute Gasteiger partial charge is 0.336 e. The van der Waals surface area contributed by atoms with Gasteiger partial charge in [-0.25, -0.2) is 4.79 Å². The van der Waals surface area contributed by atoms with Crippen molar-refractivity contribution in [3.8, 4) is 0 Å². The van der Waals surface area contributed by atoms with Gasteiger partial charge in [0.25, 0.3) is 0 Å². The van der Waals surface area contributed by atoms with E-state index >= 15 is 0 Å². The molecule has 0 atom stereocenters. The fourth-order valence-corrected chi connectivity index (χ4v) is 4.09. The van der Waals surface area contributed by atoms with Crippen molar-refractivity contribution in [3.63, 3.8) is 0 Å². The Balaban J connectivity index is 1.58. The monoisotopic (exact) mass is 362 g/mol. The number of nitrogens with zero attached hydrogens (tertiary/aromatic N) is 2. The molecule has 1 aliphatic heterocycles. The molecule has 140 valence electrons. The predicted molar refractivity (Wildman–Crippen MR) is 111 cm³/mol. The van der Waals surface area contributed by atoms with Crippen LogP contribution in [0.3, 0.4) is 0 Å². The third-order valence-corrected chi connectivity index (χ3v) is 5.69. The number of para-hydroxylation sites is 1. The van der Waals surface area contributed by atoms with E-state index in [1.165, 1.54) is 11.3 Å². The predicted octanol–water partition coefficient (Wildman–Crippen LogP) is 4.04. The molecular formula is C23H26N2O2. The van der Waals surface area contributed by atoms with Gasteiger partial charge in [-0.15, -0.1) is 0 Å². The average molecular weight is 362 g/mol. The molecule has 0 amide bonds. The van der Waals surface area contributed by atoms with E-state index in [1.807, 2.05) is 6.92 Å². The Kier molecular flexibility index (Phi) is 4.75. The number of aryl methyl sites for hydroxylation is 3. The minimum atomic E-state index is -0.256. The number of hydrogen-bond acceptors (Lipinski definition) is 4. The number of rotatable bonds is 3. The zero-order valence-electron chi connectivity index (χ0n) is 16.3. The van der Waals surface area contributed by atoms with E-state index < -0.39 is 0 Å². The van der Waals surface area contributed by atoms with Crippen LogP contribution in [0.2, 0.25) is 0 Å². The van der Waals surface area contributed by atoms with Crippen LogP contribution in [0.5, 0.6) is 0 Å². The Hall–Kier alpha value is -2.59. The number of hydrogen-bond donors (Lipinski definition) is 0. The maximum Gasteiger partial charge on any atom is 0.336 e. The summed E-state index contributed by atoms with van der Waals surface area (Å²) in [4.78, 5) is 17.0. The molecule has 4 heteroatoms. The summed E-state index contributed by atoms with van der Waals surface area (Å²) in [6, 6.07) is 14.4. The zero-order chi connectivity index (χ0) is 19.0. The molecule has 2 aromatic carbocycles. The Morgan fingerprint density at radius 3 is 2.33 bits per heavy atom. The molecule has 1 saturated heterocycles. The lowest BCUT2D eigenvalue weighted by atomic mass is 9.98. The molecule has 0 radical (unpaired) electrons. The molecule has 27 heavy (non-hydrogen) atoms. The highest BCUT2D eigenvalue weighted by Crippen LogP contribution is 2.28. The average Bonchev–Trinajstić information content (AvgIpc) is 2.67. The Bertz CT molecular complexity index is 1020. The Labute approximate surface area is 160 Å². The molecule has 2 heterocycles. The van der Waals surface area contributed by atoms with E-state index in [1.54, 1.807) is 6.07 Å². The van der Waals surface area contributed by atoms with Gasteiger partial charge in [-0.3, -0.25) is 4.90 Å². The Morgan fingerprint density at radius 1 is 0.926 bits per heavy atom. The highest BCUT2D eigenvalue weighted by atomic mass is 16.4. The van der Waals surface area contributed by atoms with Gasteiger partial charge in [0.05, 0.1) is 0 Å². The normalized spacial score (nSPS) is 15.4. The molecule has 0 saturated carbocycles. The van der Waals surface area contributed by atoms with Crippen molar-refractivity contribution in [2.45, 2.75) is 27.3 Å². The van der Waals surface area contributed by atoms with Gasteiger partial charge in [0.2, 0.25) is 0 Å². The van der Waals surface area contributed by atoms with Gasteiger partial charge in [-0.1, -0.05) is 24.3 Å². The molecule has 4 nitrogen and oxygen atoms in total. The summed E-state index contributed by atoms with van der Waals surface area (Å²) < 4.78 is 5.58. The molecule has 1 aromatic heterocycles. The summed E-state index contributed by atoms with van der Waals surface area (Å²) in [5.41, 5.74) is 6.25. The SMILES string of the molecule is Cc1cc(C)c2c(CN3CCN(c4ccccc4)CC3)cc(=O)oc2c1C. The van der Waals surface area contributed by atoms with E-state index in [4.69, 9.17) is 4.42 Å². The maximum absolute atomic E-state index is 12.2. The van der Waals surface area contributed by atoms with Crippen molar-refractivity contribution in [2.24, 2.45) is 0 Å². The molecule has 3 aromatic rings. The van der Waals surface area contributed by atoms with Crippen molar-refractivity contribution in [1.29, 1.82) is 0 Å². The summed E-state index contributed by atoms with van der Waals surface area (Å²) >= 11 is 0. The molecular weight excluding hydrogens is 336 g/mol. The van der Waals surface area contributed by atoms with Crippen LogP contribution in [-0.4, -0.2) is 31.1 Å². The first-order valence-corrected chi connectivity index (χ1v) is 9.59. The first-order valence-electron chi connectivity index (χ1n) is 9.59. The largest absolute Gasteiger partial charge is 0.422 e. The number of fused-ring (bicyclic) bond motifs is 1. The Morgan fingerprint density at radius 2 is 1.63 bits per heavy atom. The van der Waals surface area contributed by atoms with Gasteiger partial charge in [0.15, 0.2) is 0 Å². The second kappa shape index (κ2) is 7.20. The van der Waals surface area contributed by atoms with Gasteiger partial charge in [-0.2, -0.15) is 0 Å². The van der Waals surface area contributed by atoms with Crippen molar-refractivity contribution >= 4 is 16.7 Å². The fourth-order valence-electron chi connectivity index (χ4n) is 4.09. The zero-order valence-corrected chi connectivity index (χ0v) is 16.3. The minimum Gasteiger partial charge on any atom is -0.422 e. The third-order valence-electron chi connectivity index (χ3n) is 5.69. The van der Waals surface area contributed by atoms with Crippen molar-refractivity contribution in [1.82, 2.24) is 4.90 Å². The summed E-state index contributed by atoms with van der Waals surface area (Å²) in [5.74, 6) is 0. The lowest BCUT2D eigenvalue weighted by molar-refractivity contribution is 0.250. The number of anilines is 1. The number of piperazine rings is 1. The third kappa shape index (κ3) is 3.50. The van der Waals surface area contributed by atoms with Crippen LogP contribution in [0.25, 0.3) is 11.0 Å². The van der Waals surface area contributed by atoms with Crippen LogP contribution in [0, 0.1) is 20.8 Å². The highest BCUT2D eigenvalue weighted by Gasteiger charge is 2.20. The van der Waals surface area contributed by atoms with Crippen LogP contribution in [0.15, 0.2) is 51.7 Å². The molecule has 4 rings (SSSR count). The van der Waals surface area contributed by atoms with Gasteiger partial charge < -0.3 is 9.32 Å². The molecule has 0 spiro atoms. The van der Waals surface area contributed by atoms with E-state index in [0.717, 1.165) is 60.4 Å². The fraction of sp³-hybridized carbons (Fsp3) is 0.348. The second-order valence-corrected chi connectivity index (χ2v) is 7.53. The highest BCUT2D eigenvalue weighted by molar-refractivity contribution is 5.87.